The molecule has 4 heteroatoms. The van der Waals surface area contributed by atoms with Crippen molar-refractivity contribution in [2.45, 2.75) is 50.5 Å². The second-order valence-electron chi connectivity index (χ2n) is 5.94. The van der Waals surface area contributed by atoms with Crippen molar-refractivity contribution in [3.63, 3.8) is 0 Å². The molecule has 1 N–H and O–H groups in total. The minimum atomic E-state index is 0.00851. The predicted molar refractivity (Wildman–Crippen MR) is 88.9 cm³/mol. The molecule has 1 aliphatic rings. The zero-order chi connectivity index (χ0) is 15.3. The molecule has 0 unspecified atom stereocenters. The minimum absolute atomic E-state index is 0.00851. The van der Waals surface area contributed by atoms with Crippen LogP contribution in [0.15, 0.2) is 22.7 Å². The molecule has 0 amide bonds. The fourth-order valence-corrected chi connectivity index (χ4v) is 3.69. The first-order valence-electron chi connectivity index (χ1n) is 7.61. The number of rotatable bonds is 6. The lowest BCUT2D eigenvalue weighted by Gasteiger charge is -2.36. The average Bonchev–Trinajstić information content (AvgIpc) is 2.48. The maximum Gasteiger partial charge on any atom is 0.139 e. The lowest BCUT2D eigenvalue weighted by Crippen LogP contribution is -2.46. The third-order valence-corrected chi connectivity index (χ3v) is 5.00. The largest absolute Gasteiger partial charge is 0.496 e. The Labute approximate surface area is 135 Å². The number of carbonyl (C=O) groups is 1. The van der Waals surface area contributed by atoms with Crippen LogP contribution in [0, 0.1) is 0 Å². The van der Waals surface area contributed by atoms with Gasteiger partial charge in [0.05, 0.1) is 7.11 Å². The second-order valence-corrected chi connectivity index (χ2v) is 6.86. The van der Waals surface area contributed by atoms with E-state index < -0.39 is 0 Å². The monoisotopic (exact) mass is 353 g/mol. The molecule has 0 spiro atoms. The number of hydrogen-bond acceptors (Lipinski definition) is 3. The third kappa shape index (κ3) is 4.30. The Hall–Kier alpha value is -0.870. The number of ether oxygens (including phenoxy) is 1. The SMILES string of the molecule is CNC1(CC(=O)Cc2cc(Br)ccc2OC)CCCCC1. The van der Waals surface area contributed by atoms with Crippen LogP contribution in [0.5, 0.6) is 5.75 Å². The number of carbonyl (C=O) groups excluding carboxylic acids is 1. The second kappa shape index (κ2) is 7.41. The molecule has 0 saturated heterocycles. The summed E-state index contributed by atoms with van der Waals surface area (Å²) in [6, 6.07) is 5.81. The third-order valence-electron chi connectivity index (χ3n) is 4.51. The van der Waals surface area contributed by atoms with Crippen molar-refractivity contribution in [1.82, 2.24) is 5.32 Å². The Bertz CT molecular complexity index is 496. The highest BCUT2D eigenvalue weighted by Crippen LogP contribution is 2.32. The molecule has 1 fully saturated rings. The first-order valence-corrected chi connectivity index (χ1v) is 8.41. The molecular weight excluding hydrogens is 330 g/mol. The molecule has 1 aromatic carbocycles. The number of hydrogen-bond donors (Lipinski definition) is 1. The highest BCUT2D eigenvalue weighted by molar-refractivity contribution is 9.10. The van der Waals surface area contributed by atoms with E-state index in [4.69, 9.17) is 4.74 Å². The van der Waals surface area contributed by atoms with Gasteiger partial charge in [-0.2, -0.15) is 0 Å². The van der Waals surface area contributed by atoms with Crippen molar-refractivity contribution in [2.24, 2.45) is 0 Å². The van der Waals surface area contributed by atoms with E-state index in [1.54, 1.807) is 7.11 Å². The van der Waals surface area contributed by atoms with Gasteiger partial charge in [0.2, 0.25) is 0 Å². The van der Waals surface area contributed by atoms with Gasteiger partial charge in [0, 0.05) is 28.4 Å². The summed E-state index contributed by atoms with van der Waals surface area (Å²) in [5, 5.41) is 3.41. The Morgan fingerprint density at radius 1 is 1.33 bits per heavy atom. The summed E-state index contributed by atoms with van der Waals surface area (Å²) in [6.07, 6.45) is 6.97. The molecule has 3 nitrogen and oxygen atoms in total. The summed E-state index contributed by atoms with van der Waals surface area (Å²) in [4.78, 5) is 12.5. The lowest BCUT2D eigenvalue weighted by atomic mass is 9.77. The number of benzene rings is 1. The molecule has 1 saturated carbocycles. The molecular formula is C17H24BrNO2. The fraction of sp³-hybridized carbons (Fsp3) is 0.588. The number of halogens is 1. The van der Waals surface area contributed by atoms with Crippen LogP contribution in [0.1, 0.15) is 44.1 Å². The fourth-order valence-electron chi connectivity index (χ4n) is 3.28. The standard InChI is InChI=1S/C17H24BrNO2/c1-19-17(8-4-3-5-9-17)12-15(20)11-13-10-14(18)6-7-16(13)21-2/h6-7,10,19H,3-5,8-9,11-12H2,1-2H3. The number of ketones is 1. The minimum Gasteiger partial charge on any atom is -0.496 e. The van der Waals surface area contributed by atoms with Gasteiger partial charge in [0.15, 0.2) is 0 Å². The van der Waals surface area contributed by atoms with Gasteiger partial charge in [-0.25, -0.2) is 0 Å². The van der Waals surface area contributed by atoms with E-state index in [0.717, 1.165) is 28.6 Å². The summed E-state index contributed by atoms with van der Waals surface area (Å²) >= 11 is 3.46. The predicted octanol–water partition coefficient (Wildman–Crippen LogP) is 3.88. The van der Waals surface area contributed by atoms with E-state index in [2.05, 4.69) is 21.2 Å². The van der Waals surface area contributed by atoms with Gasteiger partial charge in [-0.3, -0.25) is 4.79 Å². The molecule has 1 aliphatic carbocycles. The Morgan fingerprint density at radius 2 is 2.05 bits per heavy atom. The normalized spacial score (nSPS) is 17.5. The smallest absolute Gasteiger partial charge is 0.139 e. The number of Topliss-reactive ketones (excluding diaryl/α,β-unsaturated/α-hetero) is 1. The van der Waals surface area contributed by atoms with Crippen LogP contribution >= 0.6 is 15.9 Å². The van der Waals surface area contributed by atoms with Gasteiger partial charge in [-0.05, 0) is 38.1 Å². The van der Waals surface area contributed by atoms with Gasteiger partial charge in [-0.1, -0.05) is 35.2 Å². The average molecular weight is 354 g/mol. The first kappa shape index (κ1) is 16.5. The molecule has 1 aromatic rings. The Kier molecular flexibility index (Phi) is 5.82. The molecule has 0 aliphatic heterocycles. The zero-order valence-electron chi connectivity index (χ0n) is 12.9. The maximum absolute atomic E-state index is 12.5. The molecule has 0 aromatic heterocycles. The van der Waals surface area contributed by atoms with Crippen molar-refractivity contribution in [1.29, 1.82) is 0 Å². The highest BCUT2D eigenvalue weighted by atomic mass is 79.9. The van der Waals surface area contributed by atoms with Crippen molar-refractivity contribution in [3.05, 3.63) is 28.2 Å². The van der Waals surface area contributed by atoms with Gasteiger partial charge >= 0.3 is 0 Å². The van der Waals surface area contributed by atoms with Gasteiger partial charge in [-0.15, -0.1) is 0 Å². The summed E-state index contributed by atoms with van der Waals surface area (Å²) in [7, 11) is 3.63. The van der Waals surface area contributed by atoms with Crippen molar-refractivity contribution in [3.8, 4) is 5.75 Å². The van der Waals surface area contributed by atoms with E-state index in [-0.39, 0.29) is 11.3 Å². The zero-order valence-corrected chi connectivity index (χ0v) is 14.5. The lowest BCUT2D eigenvalue weighted by molar-refractivity contribution is -0.120. The summed E-state index contributed by atoms with van der Waals surface area (Å²) in [5.74, 6) is 1.07. The molecule has 0 atom stereocenters. The van der Waals surface area contributed by atoms with Crippen LogP contribution in [0.3, 0.4) is 0 Å². The molecule has 2 rings (SSSR count). The van der Waals surface area contributed by atoms with Gasteiger partial charge in [0.25, 0.3) is 0 Å². The summed E-state index contributed by atoms with van der Waals surface area (Å²) in [6.45, 7) is 0. The molecule has 0 bridgehead atoms. The van der Waals surface area contributed by atoms with E-state index in [9.17, 15) is 4.79 Å². The Morgan fingerprint density at radius 3 is 2.67 bits per heavy atom. The number of methoxy groups -OCH3 is 1. The van der Waals surface area contributed by atoms with Crippen LogP contribution in [0.4, 0.5) is 0 Å². The van der Waals surface area contributed by atoms with Crippen LogP contribution in [0.2, 0.25) is 0 Å². The quantitative estimate of drug-likeness (QED) is 0.843. The molecule has 0 heterocycles. The van der Waals surface area contributed by atoms with Crippen LogP contribution in [-0.2, 0) is 11.2 Å². The first-order chi connectivity index (χ1) is 10.1. The van der Waals surface area contributed by atoms with E-state index in [1.165, 1.54) is 19.3 Å². The molecule has 21 heavy (non-hydrogen) atoms. The number of nitrogens with one attached hydrogen (secondary N) is 1. The maximum atomic E-state index is 12.5. The van der Waals surface area contributed by atoms with E-state index in [0.29, 0.717) is 12.8 Å². The van der Waals surface area contributed by atoms with Crippen LogP contribution < -0.4 is 10.1 Å². The van der Waals surface area contributed by atoms with Crippen molar-refractivity contribution < 1.29 is 9.53 Å². The van der Waals surface area contributed by atoms with Crippen molar-refractivity contribution in [2.75, 3.05) is 14.2 Å². The van der Waals surface area contributed by atoms with Crippen LogP contribution in [0.25, 0.3) is 0 Å². The summed E-state index contributed by atoms with van der Waals surface area (Å²) < 4.78 is 6.33. The van der Waals surface area contributed by atoms with Crippen LogP contribution in [-0.4, -0.2) is 25.5 Å². The van der Waals surface area contributed by atoms with Crippen molar-refractivity contribution >= 4 is 21.7 Å². The molecule has 116 valence electrons. The topological polar surface area (TPSA) is 38.3 Å². The molecule has 0 radical (unpaired) electrons. The van der Waals surface area contributed by atoms with E-state index in [1.807, 2.05) is 25.2 Å². The van der Waals surface area contributed by atoms with E-state index >= 15 is 0 Å². The highest BCUT2D eigenvalue weighted by Gasteiger charge is 2.32. The van der Waals surface area contributed by atoms with Gasteiger partial charge < -0.3 is 10.1 Å². The Balaban J connectivity index is 2.05. The summed E-state index contributed by atoms with van der Waals surface area (Å²) in [5.41, 5.74) is 0.966. The van der Waals surface area contributed by atoms with Gasteiger partial charge in [0.1, 0.15) is 11.5 Å².